The van der Waals surface area contributed by atoms with Gasteiger partial charge >= 0.3 is 43.1 Å². The van der Waals surface area contributed by atoms with Crippen molar-refractivity contribution in [3.63, 3.8) is 0 Å². The van der Waals surface area contributed by atoms with Crippen LogP contribution in [-0.2, 0) is 0 Å². The first-order valence-electron chi connectivity index (χ1n) is 1.58. The fourth-order valence-electron chi connectivity index (χ4n) is 0.257. The second-order valence-corrected chi connectivity index (χ2v) is 1.80. The molecule has 0 aliphatic rings. The zero-order valence-electron chi connectivity index (χ0n) is 3.05. The summed E-state index contributed by atoms with van der Waals surface area (Å²) in [6.07, 6.45) is 3.50. The quantitative estimate of drug-likeness (QED) is 0.465. The van der Waals surface area contributed by atoms with Crippen molar-refractivity contribution in [1.82, 2.24) is 9.97 Å². The van der Waals surface area contributed by atoms with Crippen LogP contribution in [0.1, 0.15) is 0 Å². The summed E-state index contributed by atoms with van der Waals surface area (Å²) in [6, 6.07) is 0. The molecular formula is C3H4N2Se. The van der Waals surface area contributed by atoms with Crippen molar-refractivity contribution in [2.24, 2.45) is 0 Å². The van der Waals surface area contributed by atoms with E-state index in [-0.39, 0.29) is 0 Å². The van der Waals surface area contributed by atoms with E-state index in [1.807, 2.05) is 0 Å². The number of rotatable bonds is 0. The molecule has 1 aromatic rings. The van der Waals surface area contributed by atoms with Gasteiger partial charge in [0.2, 0.25) is 0 Å². The van der Waals surface area contributed by atoms with E-state index in [1.165, 1.54) is 0 Å². The third kappa shape index (κ3) is 0.614. The van der Waals surface area contributed by atoms with Gasteiger partial charge in [-0.15, -0.1) is 0 Å². The summed E-state index contributed by atoms with van der Waals surface area (Å²) in [7, 11) is 0. The number of hydrogen-bond acceptors (Lipinski definition) is 1. The first-order valence-corrected chi connectivity index (χ1v) is 2.52. The molecule has 0 atom stereocenters. The average molecular weight is 147 g/mol. The number of aromatic nitrogens is 2. The molecule has 0 unspecified atom stereocenters. The summed E-state index contributed by atoms with van der Waals surface area (Å²) in [5, 5.41) is 0. The van der Waals surface area contributed by atoms with Gasteiger partial charge in [0.1, 0.15) is 0 Å². The van der Waals surface area contributed by atoms with E-state index < -0.39 is 0 Å². The molecule has 0 spiro atoms. The average Bonchev–Trinajstić information content (AvgIpc) is 1.86. The second-order valence-electron chi connectivity index (χ2n) is 0.913. The van der Waals surface area contributed by atoms with Gasteiger partial charge in [0.25, 0.3) is 0 Å². The molecule has 0 saturated heterocycles. The summed E-state index contributed by atoms with van der Waals surface area (Å²) in [6.45, 7) is 0. The Labute approximate surface area is 43.8 Å². The molecule has 3 heteroatoms. The van der Waals surface area contributed by atoms with Gasteiger partial charge in [-0.2, -0.15) is 0 Å². The Kier molecular flexibility index (Phi) is 0.945. The summed E-state index contributed by atoms with van der Waals surface area (Å²) in [4.78, 5) is 6.69. The zero-order valence-corrected chi connectivity index (χ0v) is 4.93. The molecule has 0 aliphatic heterocycles. The Morgan fingerprint density at radius 3 is 2.83 bits per heavy atom. The SMILES string of the molecule is [SeH]c1ncc[nH]1. The van der Waals surface area contributed by atoms with Crippen LogP contribution in [0, 0.1) is 0 Å². The Morgan fingerprint density at radius 2 is 2.67 bits per heavy atom. The molecule has 6 heavy (non-hydrogen) atoms. The van der Waals surface area contributed by atoms with Gasteiger partial charge in [-0.3, -0.25) is 0 Å². The molecule has 0 aliphatic carbocycles. The van der Waals surface area contributed by atoms with Crippen LogP contribution >= 0.6 is 0 Å². The monoisotopic (exact) mass is 148 g/mol. The maximum atomic E-state index is 3.83. The minimum atomic E-state index is 0.905. The predicted molar refractivity (Wildman–Crippen MR) is 25.4 cm³/mol. The van der Waals surface area contributed by atoms with Crippen molar-refractivity contribution >= 4 is 20.7 Å². The van der Waals surface area contributed by atoms with E-state index >= 15 is 0 Å². The van der Waals surface area contributed by atoms with Crippen LogP contribution in [0.5, 0.6) is 0 Å². The third-order valence-electron chi connectivity index (χ3n) is 0.484. The normalized spacial score (nSPS) is 8.83. The van der Waals surface area contributed by atoms with Crippen molar-refractivity contribution in [1.29, 1.82) is 0 Å². The fraction of sp³-hybridized carbons (Fsp3) is 0. The van der Waals surface area contributed by atoms with E-state index in [0.29, 0.717) is 0 Å². The van der Waals surface area contributed by atoms with Crippen LogP contribution in [0.4, 0.5) is 0 Å². The van der Waals surface area contributed by atoms with Gasteiger partial charge in [0, 0.05) is 0 Å². The second kappa shape index (κ2) is 1.45. The van der Waals surface area contributed by atoms with Gasteiger partial charge in [-0.1, -0.05) is 0 Å². The summed E-state index contributed by atoms with van der Waals surface area (Å²) < 4.78 is 0.905. The Bertz CT molecular complexity index is 112. The number of H-pyrrole nitrogens is 1. The summed E-state index contributed by atoms with van der Waals surface area (Å²) in [5.74, 6) is 0. The number of hydrogen-bond donors (Lipinski definition) is 1. The van der Waals surface area contributed by atoms with Crippen LogP contribution in [0.3, 0.4) is 0 Å². The number of nitrogens with one attached hydrogen (secondary N) is 1. The Hall–Kier alpha value is -0.271. The topological polar surface area (TPSA) is 28.7 Å². The standard InChI is InChI=1S/C3H4N2Se/c6-3-4-1-2-5-3/h1-2H,(H2,4,5,6). The van der Waals surface area contributed by atoms with Crippen molar-refractivity contribution in [3.8, 4) is 0 Å². The summed E-state index contributed by atoms with van der Waals surface area (Å²) in [5.41, 5.74) is 0. The Morgan fingerprint density at radius 1 is 1.83 bits per heavy atom. The fourth-order valence-corrected chi connectivity index (χ4v) is 0.553. The Balaban J connectivity index is 3.05. The van der Waals surface area contributed by atoms with Crippen LogP contribution in [-0.4, -0.2) is 26.0 Å². The van der Waals surface area contributed by atoms with Gasteiger partial charge in [-0.25, -0.2) is 0 Å². The van der Waals surface area contributed by atoms with E-state index in [1.54, 1.807) is 12.4 Å². The molecule has 0 radical (unpaired) electrons. The first kappa shape index (κ1) is 3.90. The van der Waals surface area contributed by atoms with Crippen LogP contribution in [0.25, 0.3) is 0 Å². The minimum absolute atomic E-state index is 0.905. The number of nitrogens with zero attached hydrogens (tertiary/aromatic N) is 1. The van der Waals surface area contributed by atoms with Gasteiger partial charge < -0.3 is 0 Å². The van der Waals surface area contributed by atoms with Crippen molar-refractivity contribution in [3.05, 3.63) is 12.4 Å². The molecule has 0 saturated carbocycles. The third-order valence-corrected chi connectivity index (χ3v) is 0.997. The molecule has 1 N–H and O–H groups in total. The van der Waals surface area contributed by atoms with E-state index in [0.717, 1.165) is 4.72 Å². The number of imidazole rings is 1. The molecule has 1 aromatic heterocycles. The molecule has 1 rings (SSSR count). The molecule has 0 fully saturated rings. The van der Waals surface area contributed by atoms with Crippen molar-refractivity contribution < 1.29 is 0 Å². The maximum absolute atomic E-state index is 3.83. The van der Waals surface area contributed by atoms with Crippen LogP contribution in [0.15, 0.2) is 12.4 Å². The van der Waals surface area contributed by atoms with E-state index in [2.05, 4.69) is 26.0 Å². The van der Waals surface area contributed by atoms with Crippen molar-refractivity contribution in [2.45, 2.75) is 0 Å². The first-order chi connectivity index (χ1) is 2.89. The van der Waals surface area contributed by atoms with E-state index in [4.69, 9.17) is 0 Å². The molecule has 32 valence electrons. The van der Waals surface area contributed by atoms with E-state index in [9.17, 15) is 0 Å². The van der Waals surface area contributed by atoms with Crippen LogP contribution in [0.2, 0.25) is 0 Å². The molecule has 2 nitrogen and oxygen atoms in total. The van der Waals surface area contributed by atoms with Gasteiger partial charge in [0.15, 0.2) is 0 Å². The zero-order chi connectivity index (χ0) is 4.41. The molecular weight excluding hydrogens is 143 g/mol. The predicted octanol–water partition coefficient (Wildman–Crippen LogP) is -1.06. The molecule has 1 heterocycles. The molecule has 0 aromatic carbocycles. The molecule has 0 bridgehead atoms. The summed E-state index contributed by atoms with van der Waals surface area (Å²) >= 11 is 2.32. The van der Waals surface area contributed by atoms with Gasteiger partial charge in [-0.05, 0) is 0 Å². The van der Waals surface area contributed by atoms with Crippen LogP contribution < -0.4 is 4.72 Å². The van der Waals surface area contributed by atoms with Crippen molar-refractivity contribution in [2.75, 3.05) is 0 Å². The number of aromatic amines is 1. The molecule has 0 amide bonds. The van der Waals surface area contributed by atoms with Gasteiger partial charge in [0.05, 0.1) is 0 Å².